The third kappa shape index (κ3) is 2.45. The van der Waals surface area contributed by atoms with E-state index in [4.69, 9.17) is 4.74 Å². The summed E-state index contributed by atoms with van der Waals surface area (Å²) in [4.78, 5) is 21.3. The summed E-state index contributed by atoms with van der Waals surface area (Å²) in [5.74, 6) is 0.104. The van der Waals surface area contributed by atoms with Crippen LogP contribution in [-0.2, 0) is 20.4 Å². The van der Waals surface area contributed by atoms with Gasteiger partial charge in [0, 0.05) is 43.0 Å². The molecular weight excluding hydrogens is 472 g/mol. The second-order valence-electron chi connectivity index (χ2n) is 12.5. The van der Waals surface area contributed by atoms with Crippen LogP contribution in [0.5, 0.6) is 0 Å². The van der Waals surface area contributed by atoms with E-state index in [1.165, 1.54) is 28.1 Å². The Morgan fingerprint density at radius 1 is 1.05 bits per heavy atom. The highest BCUT2D eigenvalue weighted by Crippen LogP contribution is 2.72. The number of hydrogen-bond donors (Lipinski definition) is 1. The highest BCUT2D eigenvalue weighted by atomic mass is 16.6. The largest absolute Gasteiger partial charge is 0.365 e. The molecular formula is C32H36N4O2. The lowest BCUT2D eigenvalue weighted by molar-refractivity contribution is -0.137. The Balaban J connectivity index is 1.44. The second-order valence-corrected chi connectivity index (χ2v) is 12.5. The number of nitrogens with one attached hydrogen (secondary N) is 1. The zero-order valence-electron chi connectivity index (χ0n) is 22.6. The molecule has 6 heterocycles. The molecule has 2 aromatic rings. The summed E-state index contributed by atoms with van der Waals surface area (Å²) in [5.41, 5.74) is 6.27. The van der Waals surface area contributed by atoms with Gasteiger partial charge in [0.05, 0.1) is 23.2 Å². The van der Waals surface area contributed by atoms with Crippen molar-refractivity contribution in [1.82, 2.24) is 9.80 Å². The first-order valence-corrected chi connectivity index (χ1v) is 14.1. The number of rotatable bonds is 3. The number of fused-ring (bicyclic) bond motifs is 1. The fourth-order valence-corrected chi connectivity index (χ4v) is 9.30. The lowest BCUT2D eigenvalue weighted by atomic mass is 9.50. The fraction of sp³-hybridized carbons (Fsp3) is 0.469. The second kappa shape index (κ2) is 7.30. The summed E-state index contributed by atoms with van der Waals surface area (Å²) in [5, 5.41) is 4.01. The molecule has 0 radical (unpaired) electrons. The van der Waals surface area contributed by atoms with Crippen LogP contribution in [0.3, 0.4) is 0 Å². The molecule has 6 heteroatoms. The monoisotopic (exact) mass is 508 g/mol. The van der Waals surface area contributed by atoms with Gasteiger partial charge in [-0.15, -0.1) is 0 Å². The zero-order chi connectivity index (χ0) is 26.0. The van der Waals surface area contributed by atoms with E-state index in [2.05, 4.69) is 83.4 Å². The van der Waals surface area contributed by atoms with Gasteiger partial charge in [-0.3, -0.25) is 9.69 Å². The third-order valence-corrected chi connectivity index (χ3v) is 10.7. The van der Waals surface area contributed by atoms with E-state index in [9.17, 15) is 4.79 Å². The van der Waals surface area contributed by atoms with Crippen LogP contribution in [0, 0.1) is 0 Å². The highest BCUT2D eigenvalue weighted by molar-refractivity contribution is 5.89. The number of carbonyl (C=O) groups is 1. The van der Waals surface area contributed by atoms with Crippen LogP contribution in [-0.4, -0.2) is 59.9 Å². The van der Waals surface area contributed by atoms with Crippen molar-refractivity contribution >= 4 is 17.3 Å². The molecule has 2 spiro atoms. The molecule has 38 heavy (non-hydrogen) atoms. The first-order valence-electron chi connectivity index (χ1n) is 14.1. The predicted molar refractivity (Wildman–Crippen MR) is 149 cm³/mol. The molecule has 2 bridgehead atoms. The molecule has 6 aliphatic rings. The number of epoxide rings is 1. The molecule has 2 aromatic carbocycles. The molecule has 6 aliphatic heterocycles. The Kier molecular flexibility index (Phi) is 4.39. The maximum absolute atomic E-state index is 13.9. The molecule has 3 saturated heterocycles. The van der Waals surface area contributed by atoms with Crippen LogP contribution in [0.15, 0.2) is 66.8 Å². The van der Waals surface area contributed by atoms with Gasteiger partial charge in [0.15, 0.2) is 0 Å². The number of carbonyl (C=O) groups excluding carboxylic acids is 1. The van der Waals surface area contributed by atoms with Crippen molar-refractivity contribution in [2.75, 3.05) is 30.4 Å². The molecule has 0 aromatic heterocycles. The number of benzene rings is 2. The van der Waals surface area contributed by atoms with Gasteiger partial charge < -0.3 is 19.9 Å². The fourth-order valence-electron chi connectivity index (χ4n) is 9.30. The Bertz CT molecular complexity index is 1430. The maximum Gasteiger partial charge on any atom is 0.247 e. The summed E-state index contributed by atoms with van der Waals surface area (Å²) < 4.78 is 6.43. The first-order chi connectivity index (χ1) is 18.4. The summed E-state index contributed by atoms with van der Waals surface area (Å²) in [6.07, 6.45) is 9.76. The number of ether oxygens (including phenoxy) is 1. The average Bonchev–Trinajstić information content (AvgIpc) is 3.31. The molecule has 1 N–H and O–H groups in total. The Morgan fingerprint density at radius 3 is 2.63 bits per heavy atom. The number of para-hydroxylation sites is 1. The van der Waals surface area contributed by atoms with Gasteiger partial charge in [0.25, 0.3) is 0 Å². The molecule has 6 nitrogen and oxygen atoms in total. The smallest absolute Gasteiger partial charge is 0.247 e. The van der Waals surface area contributed by atoms with Crippen molar-refractivity contribution in [3.63, 3.8) is 0 Å². The number of likely N-dealkylation sites (tertiary alicyclic amines) is 1. The number of piperidine rings is 1. The summed E-state index contributed by atoms with van der Waals surface area (Å²) in [6, 6.07) is 15.9. The van der Waals surface area contributed by atoms with Crippen molar-refractivity contribution in [2.24, 2.45) is 0 Å². The number of nitrogens with zero attached hydrogens (tertiary/aromatic N) is 3. The topological polar surface area (TPSA) is 51.4 Å². The molecule has 196 valence electrons. The van der Waals surface area contributed by atoms with Crippen LogP contribution >= 0.6 is 0 Å². The quantitative estimate of drug-likeness (QED) is 0.370. The van der Waals surface area contributed by atoms with Crippen LogP contribution in [0.2, 0.25) is 0 Å². The van der Waals surface area contributed by atoms with E-state index in [1.54, 1.807) is 6.08 Å². The van der Waals surface area contributed by atoms with Crippen LogP contribution in [0.4, 0.5) is 11.4 Å². The molecule has 8 rings (SSSR count). The summed E-state index contributed by atoms with van der Waals surface area (Å²) in [6.45, 7) is 8.10. The van der Waals surface area contributed by atoms with Crippen LogP contribution < -0.4 is 10.2 Å². The van der Waals surface area contributed by atoms with Crippen LogP contribution in [0.1, 0.15) is 56.3 Å². The lowest BCUT2D eigenvalue weighted by Gasteiger charge is -2.62. The number of anilines is 2. The van der Waals surface area contributed by atoms with Gasteiger partial charge in [-0.05, 0) is 62.4 Å². The van der Waals surface area contributed by atoms with Gasteiger partial charge >= 0.3 is 0 Å². The zero-order valence-corrected chi connectivity index (χ0v) is 22.6. The average molecular weight is 509 g/mol. The van der Waals surface area contributed by atoms with E-state index in [1.807, 2.05) is 25.2 Å². The normalized spacial score (nSPS) is 38.7. The first kappa shape index (κ1) is 22.9. The summed E-state index contributed by atoms with van der Waals surface area (Å²) >= 11 is 0. The highest BCUT2D eigenvalue weighted by Gasteiger charge is 2.77. The molecule has 1 amide bonds. The number of likely N-dealkylation sites (N-methyl/N-ethyl adjacent to an activating group) is 1. The maximum atomic E-state index is 13.9. The van der Waals surface area contributed by atoms with E-state index >= 15 is 0 Å². The predicted octanol–water partition coefficient (Wildman–Crippen LogP) is 4.69. The number of amides is 1. The molecule has 3 fully saturated rings. The minimum absolute atomic E-state index is 0.0403. The SMILES string of the molecule is C/C=C/C=C/C(=O)N1CC[C@]23c4ccccc4N[C@H]4N(C)c5cccc6c5[C@]42CCN([C@H]6C2OC2(C)C)[C@H]13. The van der Waals surface area contributed by atoms with Crippen molar-refractivity contribution < 1.29 is 9.53 Å². The van der Waals surface area contributed by atoms with Crippen molar-refractivity contribution in [1.29, 1.82) is 0 Å². The van der Waals surface area contributed by atoms with Gasteiger partial charge in [0.2, 0.25) is 5.91 Å². The van der Waals surface area contributed by atoms with E-state index in [0.29, 0.717) is 0 Å². The van der Waals surface area contributed by atoms with Crippen molar-refractivity contribution in [3.05, 3.63) is 83.5 Å². The van der Waals surface area contributed by atoms with Gasteiger partial charge in [-0.25, -0.2) is 0 Å². The third-order valence-electron chi connectivity index (χ3n) is 10.7. The van der Waals surface area contributed by atoms with Gasteiger partial charge in [-0.2, -0.15) is 0 Å². The number of hydrogen-bond acceptors (Lipinski definition) is 5. The van der Waals surface area contributed by atoms with Gasteiger partial charge in [0.1, 0.15) is 12.3 Å². The van der Waals surface area contributed by atoms with E-state index in [0.717, 1.165) is 25.9 Å². The Hall–Kier alpha value is -3.09. The Morgan fingerprint density at radius 2 is 1.84 bits per heavy atom. The van der Waals surface area contributed by atoms with E-state index < -0.39 is 0 Å². The lowest BCUT2D eigenvalue weighted by Crippen LogP contribution is -2.73. The molecule has 7 atom stereocenters. The van der Waals surface area contributed by atoms with Crippen molar-refractivity contribution in [3.8, 4) is 0 Å². The van der Waals surface area contributed by atoms with Gasteiger partial charge in [-0.1, -0.05) is 48.6 Å². The number of allylic oxidation sites excluding steroid dienone is 3. The molecule has 0 aliphatic carbocycles. The minimum atomic E-state index is -0.217. The van der Waals surface area contributed by atoms with E-state index in [-0.39, 0.29) is 46.8 Å². The summed E-state index contributed by atoms with van der Waals surface area (Å²) in [7, 11) is 2.25. The molecule has 0 saturated carbocycles. The molecule has 2 unspecified atom stereocenters. The van der Waals surface area contributed by atoms with Crippen molar-refractivity contribution in [2.45, 2.75) is 74.5 Å². The van der Waals surface area contributed by atoms with Crippen LogP contribution in [0.25, 0.3) is 0 Å². The Labute approximate surface area is 224 Å². The minimum Gasteiger partial charge on any atom is -0.365 e. The standard InChI is InChI=1S/C32H36N4O2/c1-5-6-7-15-24(37)35-18-16-31-21-12-8-9-13-22(21)33-28-32(31)17-19-36(29(31)35)26(27-30(2,3)38-27)20-11-10-14-23(25(20)32)34(28)4/h5-15,26-29,33H,16-19H2,1-4H3/b6-5+,15-7+/t26-,27?,28+,29+,31-,32-/m1/s1.